The lowest BCUT2D eigenvalue weighted by Crippen LogP contribution is -2.44. The van der Waals surface area contributed by atoms with Crippen molar-refractivity contribution >= 4 is 5.95 Å². The van der Waals surface area contributed by atoms with Gasteiger partial charge in [-0.1, -0.05) is 5.16 Å². The number of anilines is 1. The van der Waals surface area contributed by atoms with Gasteiger partial charge in [0, 0.05) is 57.6 Å². The molecule has 0 aromatic carbocycles. The summed E-state index contributed by atoms with van der Waals surface area (Å²) in [6.45, 7) is 7.94. The normalized spacial score (nSPS) is 21.8. The molecule has 0 saturated carbocycles. The Hall–Kier alpha value is -1.99. The SMILES string of the molecule is Cc1noc(C)c1-c1cnc(N(C)C)nc1C1CCCN(C2CCOCC2)C1. The lowest BCUT2D eigenvalue weighted by atomic mass is 9.88. The largest absolute Gasteiger partial charge is 0.381 e. The second kappa shape index (κ2) is 8.17. The van der Waals surface area contributed by atoms with Crippen LogP contribution in [-0.4, -0.2) is 66.5 Å². The van der Waals surface area contributed by atoms with Gasteiger partial charge in [-0.05, 0) is 46.1 Å². The first-order valence-corrected chi connectivity index (χ1v) is 10.3. The summed E-state index contributed by atoms with van der Waals surface area (Å²) in [5.41, 5.74) is 4.14. The second-order valence-corrected chi connectivity index (χ2v) is 8.24. The minimum Gasteiger partial charge on any atom is -0.381 e. The fraction of sp³-hybridized carbons (Fsp3) is 0.667. The number of likely N-dealkylation sites (tertiary alicyclic amines) is 1. The topological polar surface area (TPSA) is 67.5 Å². The number of ether oxygens (including phenoxy) is 1. The third-order valence-electron chi connectivity index (χ3n) is 6.05. The fourth-order valence-corrected chi connectivity index (χ4v) is 4.58. The van der Waals surface area contributed by atoms with Crippen LogP contribution in [0.3, 0.4) is 0 Å². The zero-order valence-electron chi connectivity index (χ0n) is 17.4. The van der Waals surface area contributed by atoms with Gasteiger partial charge in [0.2, 0.25) is 5.95 Å². The van der Waals surface area contributed by atoms with E-state index in [0.29, 0.717) is 12.0 Å². The smallest absolute Gasteiger partial charge is 0.225 e. The van der Waals surface area contributed by atoms with Crippen molar-refractivity contribution in [1.82, 2.24) is 20.0 Å². The first-order valence-electron chi connectivity index (χ1n) is 10.3. The van der Waals surface area contributed by atoms with Gasteiger partial charge >= 0.3 is 0 Å². The molecule has 0 spiro atoms. The van der Waals surface area contributed by atoms with Gasteiger partial charge in [-0.2, -0.15) is 0 Å². The van der Waals surface area contributed by atoms with Crippen molar-refractivity contribution in [3.63, 3.8) is 0 Å². The van der Waals surface area contributed by atoms with Gasteiger partial charge in [0.25, 0.3) is 0 Å². The molecule has 2 aliphatic heterocycles. The van der Waals surface area contributed by atoms with Gasteiger partial charge < -0.3 is 14.2 Å². The molecule has 2 aliphatic rings. The minimum absolute atomic E-state index is 0.391. The predicted molar refractivity (Wildman–Crippen MR) is 109 cm³/mol. The summed E-state index contributed by atoms with van der Waals surface area (Å²) in [5, 5.41) is 4.16. The maximum atomic E-state index is 5.57. The highest BCUT2D eigenvalue weighted by Gasteiger charge is 2.31. The van der Waals surface area contributed by atoms with Crippen molar-refractivity contribution < 1.29 is 9.26 Å². The van der Waals surface area contributed by atoms with E-state index in [0.717, 1.165) is 73.2 Å². The molecule has 4 rings (SSSR count). The molecular weight excluding hydrogens is 354 g/mol. The van der Waals surface area contributed by atoms with Crippen LogP contribution in [0.5, 0.6) is 0 Å². The third kappa shape index (κ3) is 3.78. The molecule has 2 aromatic heterocycles. The van der Waals surface area contributed by atoms with E-state index in [4.69, 9.17) is 14.2 Å². The first-order chi connectivity index (χ1) is 13.5. The Morgan fingerprint density at radius 1 is 1.14 bits per heavy atom. The molecule has 0 radical (unpaired) electrons. The van der Waals surface area contributed by atoms with Gasteiger partial charge in [-0.3, -0.25) is 4.90 Å². The Morgan fingerprint density at radius 3 is 2.61 bits per heavy atom. The van der Waals surface area contributed by atoms with Gasteiger partial charge in [0.1, 0.15) is 5.76 Å². The van der Waals surface area contributed by atoms with Crippen molar-refractivity contribution in [1.29, 1.82) is 0 Å². The molecule has 0 bridgehead atoms. The molecule has 7 nitrogen and oxygen atoms in total. The summed E-state index contributed by atoms with van der Waals surface area (Å²) in [6, 6.07) is 0.634. The number of nitrogens with zero attached hydrogens (tertiary/aromatic N) is 5. The van der Waals surface area contributed by atoms with E-state index >= 15 is 0 Å². The lowest BCUT2D eigenvalue weighted by Gasteiger charge is -2.40. The summed E-state index contributed by atoms with van der Waals surface area (Å²) >= 11 is 0. The zero-order chi connectivity index (χ0) is 19.7. The third-order valence-corrected chi connectivity index (χ3v) is 6.05. The maximum absolute atomic E-state index is 5.57. The predicted octanol–water partition coefficient (Wildman–Crippen LogP) is 3.17. The molecule has 0 aliphatic carbocycles. The van der Waals surface area contributed by atoms with Crippen molar-refractivity contribution in [3.05, 3.63) is 23.3 Å². The van der Waals surface area contributed by atoms with Crippen LogP contribution in [0.4, 0.5) is 5.95 Å². The van der Waals surface area contributed by atoms with Crippen molar-refractivity contribution in [2.75, 3.05) is 45.3 Å². The summed E-state index contributed by atoms with van der Waals surface area (Å²) in [5.74, 6) is 1.98. The monoisotopic (exact) mass is 385 g/mol. The Morgan fingerprint density at radius 2 is 1.93 bits per heavy atom. The van der Waals surface area contributed by atoms with E-state index in [1.165, 1.54) is 13.0 Å². The van der Waals surface area contributed by atoms with Gasteiger partial charge in [0.15, 0.2) is 0 Å². The van der Waals surface area contributed by atoms with Crippen LogP contribution in [0.15, 0.2) is 10.7 Å². The van der Waals surface area contributed by atoms with Crippen LogP contribution in [0.25, 0.3) is 11.1 Å². The molecule has 1 atom stereocenters. The van der Waals surface area contributed by atoms with E-state index in [2.05, 4.69) is 15.0 Å². The average Bonchev–Trinajstić information content (AvgIpc) is 3.06. The molecule has 1 unspecified atom stereocenters. The van der Waals surface area contributed by atoms with Crippen LogP contribution < -0.4 is 4.90 Å². The second-order valence-electron chi connectivity index (χ2n) is 8.24. The number of aryl methyl sites for hydroxylation is 2. The number of piperidine rings is 1. The summed E-state index contributed by atoms with van der Waals surface area (Å²) in [6.07, 6.45) is 6.58. The van der Waals surface area contributed by atoms with E-state index in [1.54, 1.807) is 0 Å². The highest BCUT2D eigenvalue weighted by atomic mass is 16.5. The van der Waals surface area contributed by atoms with Crippen molar-refractivity contribution in [3.8, 4) is 11.1 Å². The van der Waals surface area contributed by atoms with E-state index in [-0.39, 0.29) is 0 Å². The van der Waals surface area contributed by atoms with Crippen molar-refractivity contribution in [2.24, 2.45) is 0 Å². The Labute approximate surface area is 167 Å². The molecule has 152 valence electrons. The van der Waals surface area contributed by atoms with Gasteiger partial charge in [0.05, 0.1) is 17.0 Å². The quantitative estimate of drug-likeness (QED) is 0.801. The van der Waals surface area contributed by atoms with E-state index in [9.17, 15) is 0 Å². The summed E-state index contributed by atoms with van der Waals surface area (Å²) in [7, 11) is 3.98. The molecule has 0 amide bonds. The highest BCUT2D eigenvalue weighted by molar-refractivity contribution is 5.70. The number of rotatable bonds is 4. The number of hydrogen-bond donors (Lipinski definition) is 0. The molecule has 7 heteroatoms. The molecule has 2 aromatic rings. The minimum atomic E-state index is 0.391. The summed E-state index contributed by atoms with van der Waals surface area (Å²) < 4.78 is 11.0. The zero-order valence-corrected chi connectivity index (χ0v) is 17.4. The first kappa shape index (κ1) is 19.3. The summed E-state index contributed by atoms with van der Waals surface area (Å²) in [4.78, 5) is 14.2. The molecule has 2 fully saturated rings. The van der Waals surface area contributed by atoms with E-state index < -0.39 is 0 Å². The van der Waals surface area contributed by atoms with Crippen LogP contribution >= 0.6 is 0 Å². The maximum Gasteiger partial charge on any atom is 0.225 e. The van der Waals surface area contributed by atoms with Crippen LogP contribution in [0, 0.1) is 13.8 Å². The molecule has 28 heavy (non-hydrogen) atoms. The Bertz CT molecular complexity index is 794. The van der Waals surface area contributed by atoms with Crippen LogP contribution in [0.2, 0.25) is 0 Å². The standard InChI is InChI=1S/C21H31N5O2/c1-14-19(15(2)28-24-14)18-12-22-21(25(3)4)23-20(18)16-6-5-9-26(13-16)17-7-10-27-11-8-17/h12,16-17H,5-11,13H2,1-4H3. The Kier molecular flexibility index (Phi) is 5.64. The average molecular weight is 386 g/mol. The van der Waals surface area contributed by atoms with Gasteiger partial charge in [-0.25, -0.2) is 9.97 Å². The van der Waals surface area contributed by atoms with E-state index in [1.807, 2.05) is 39.0 Å². The van der Waals surface area contributed by atoms with Crippen molar-refractivity contribution in [2.45, 2.75) is 51.5 Å². The molecule has 2 saturated heterocycles. The lowest BCUT2D eigenvalue weighted by molar-refractivity contribution is 0.0238. The van der Waals surface area contributed by atoms with Crippen LogP contribution in [-0.2, 0) is 4.74 Å². The number of hydrogen-bond acceptors (Lipinski definition) is 7. The molecular formula is C21H31N5O2. The molecule has 0 N–H and O–H groups in total. The fourth-order valence-electron chi connectivity index (χ4n) is 4.58. The molecule has 4 heterocycles. The number of aromatic nitrogens is 3. The highest BCUT2D eigenvalue weighted by Crippen LogP contribution is 2.37. The van der Waals surface area contributed by atoms with Gasteiger partial charge in [-0.15, -0.1) is 0 Å². The van der Waals surface area contributed by atoms with Crippen LogP contribution in [0.1, 0.15) is 48.7 Å². The Balaban J connectivity index is 1.69.